The number of hydrogen-bond acceptors (Lipinski definition) is 2. The fraction of sp³-hybridized carbons (Fsp3) is 0.571. The molecule has 1 aliphatic heterocycles. The maximum Gasteiger partial charge on any atom is 0.141 e. The summed E-state index contributed by atoms with van der Waals surface area (Å²) in [6.07, 6.45) is 5.61. The fourth-order valence-electron chi connectivity index (χ4n) is 2.41. The molecule has 2 aromatic heterocycles. The molecule has 2 nitrogen and oxygen atoms in total. The Kier molecular flexibility index (Phi) is 4.46. The van der Waals surface area contributed by atoms with Gasteiger partial charge in [-0.3, -0.25) is 0 Å². The van der Waals surface area contributed by atoms with E-state index in [0.717, 1.165) is 21.7 Å². The van der Waals surface area contributed by atoms with E-state index in [4.69, 9.17) is 4.42 Å². The molecule has 1 atom stereocenters. The molecule has 0 N–H and O–H groups in total. The Labute approximate surface area is 111 Å². The van der Waals surface area contributed by atoms with Gasteiger partial charge in [-0.25, -0.2) is 0 Å². The molecule has 0 amide bonds. The van der Waals surface area contributed by atoms with E-state index in [0.29, 0.717) is 0 Å². The zero-order valence-electron chi connectivity index (χ0n) is 10.6. The SMILES string of the molecule is Brc1cc2ccc1o2.CCC1CCCCN1C. The maximum absolute atomic E-state index is 5.17. The van der Waals surface area contributed by atoms with Gasteiger partial charge in [0, 0.05) is 6.04 Å². The number of rotatable bonds is 1. The molecular weight excluding hydrogens is 278 g/mol. The van der Waals surface area contributed by atoms with Crippen molar-refractivity contribution in [3.63, 3.8) is 0 Å². The molecule has 2 aromatic rings. The van der Waals surface area contributed by atoms with Crippen LogP contribution in [0.25, 0.3) is 11.2 Å². The van der Waals surface area contributed by atoms with Crippen molar-refractivity contribution in [2.75, 3.05) is 13.6 Å². The summed E-state index contributed by atoms with van der Waals surface area (Å²) < 4.78 is 6.22. The molecule has 3 heteroatoms. The Morgan fingerprint density at radius 2 is 2.24 bits per heavy atom. The first-order valence-corrected chi connectivity index (χ1v) is 7.17. The van der Waals surface area contributed by atoms with Gasteiger partial charge in [0.05, 0.1) is 4.47 Å². The number of nitrogens with zero attached hydrogens (tertiary/aromatic N) is 1. The van der Waals surface area contributed by atoms with E-state index in [9.17, 15) is 0 Å². The highest BCUT2D eigenvalue weighted by molar-refractivity contribution is 9.10. The van der Waals surface area contributed by atoms with Crippen LogP contribution in [0.1, 0.15) is 32.6 Å². The van der Waals surface area contributed by atoms with Gasteiger partial charge < -0.3 is 9.32 Å². The van der Waals surface area contributed by atoms with Crippen LogP contribution in [0.4, 0.5) is 0 Å². The zero-order chi connectivity index (χ0) is 12.3. The van der Waals surface area contributed by atoms with E-state index < -0.39 is 0 Å². The normalized spacial score (nSPS) is 21.5. The van der Waals surface area contributed by atoms with E-state index in [2.05, 4.69) is 34.8 Å². The first kappa shape index (κ1) is 12.9. The second-order valence-electron chi connectivity index (χ2n) is 4.73. The van der Waals surface area contributed by atoms with Crippen molar-refractivity contribution in [1.29, 1.82) is 0 Å². The monoisotopic (exact) mass is 297 g/mol. The smallest absolute Gasteiger partial charge is 0.141 e. The Bertz CT molecular complexity index is 439. The molecular formula is C14H20BrNO. The third kappa shape index (κ3) is 3.23. The van der Waals surface area contributed by atoms with Crippen LogP contribution >= 0.6 is 15.9 Å². The summed E-state index contributed by atoms with van der Waals surface area (Å²) in [5, 5.41) is 0. The van der Waals surface area contributed by atoms with Gasteiger partial charge >= 0.3 is 0 Å². The van der Waals surface area contributed by atoms with Gasteiger partial charge in [0.15, 0.2) is 0 Å². The second kappa shape index (κ2) is 5.87. The van der Waals surface area contributed by atoms with Gasteiger partial charge in [-0.15, -0.1) is 0 Å². The number of furan rings is 2. The highest BCUT2D eigenvalue weighted by Crippen LogP contribution is 2.26. The minimum atomic E-state index is 0.888. The minimum absolute atomic E-state index is 0.888. The number of fused-ring (bicyclic) bond motifs is 2. The van der Waals surface area contributed by atoms with Gasteiger partial charge in [0.2, 0.25) is 0 Å². The number of likely N-dealkylation sites (tertiary alicyclic amines) is 1. The minimum Gasteiger partial charge on any atom is -0.456 e. The third-order valence-electron chi connectivity index (χ3n) is 3.52. The van der Waals surface area contributed by atoms with Gasteiger partial charge in [0.25, 0.3) is 0 Å². The molecule has 17 heavy (non-hydrogen) atoms. The average Bonchev–Trinajstić information content (AvgIpc) is 2.92. The Hall–Kier alpha value is -0.540. The molecule has 0 aromatic carbocycles. The van der Waals surface area contributed by atoms with Crippen molar-refractivity contribution < 1.29 is 4.42 Å². The molecule has 0 saturated carbocycles. The summed E-state index contributed by atoms with van der Waals surface area (Å²) in [7, 11) is 2.24. The number of halogens is 1. The maximum atomic E-state index is 5.17. The average molecular weight is 298 g/mol. The van der Waals surface area contributed by atoms with E-state index in [-0.39, 0.29) is 0 Å². The van der Waals surface area contributed by atoms with Crippen LogP contribution in [0.15, 0.2) is 27.1 Å². The topological polar surface area (TPSA) is 16.4 Å². The molecule has 1 saturated heterocycles. The van der Waals surface area contributed by atoms with Crippen LogP contribution < -0.4 is 0 Å². The zero-order valence-corrected chi connectivity index (χ0v) is 12.2. The first-order chi connectivity index (χ1) is 8.20. The Morgan fingerprint density at radius 3 is 2.59 bits per heavy atom. The molecule has 0 radical (unpaired) electrons. The Balaban J connectivity index is 0.000000127. The van der Waals surface area contributed by atoms with E-state index in [1.165, 1.54) is 32.2 Å². The second-order valence-corrected chi connectivity index (χ2v) is 5.59. The number of benzene rings is 1. The van der Waals surface area contributed by atoms with Gasteiger partial charge in [0.1, 0.15) is 11.2 Å². The van der Waals surface area contributed by atoms with Crippen LogP contribution in [0.2, 0.25) is 0 Å². The van der Waals surface area contributed by atoms with Crippen molar-refractivity contribution in [1.82, 2.24) is 4.90 Å². The molecule has 94 valence electrons. The molecule has 3 rings (SSSR count). The van der Waals surface area contributed by atoms with Crippen molar-refractivity contribution in [2.45, 2.75) is 38.6 Å². The third-order valence-corrected chi connectivity index (χ3v) is 4.14. The van der Waals surface area contributed by atoms with Crippen LogP contribution in [-0.4, -0.2) is 24.5 Å². The van der Waals surface area contributed by atoms with Crippen LogP contribution in [-0.2, 0) is 0 Å². The van der Waals surface area contributed by atoms with Gasteiger partial charge in [-0.1, -0.05) is 13.3 Å². The lowest BCUT2D eigenvalue weighted by molar-refractivity contribution is 0.181. The number of piperidine rings is 1. The van der Waals surface area contributed by atoms with E-state index in [1.54, 1.807) is 0 Å². The molecule has 1 aliphatic rings. The lowest BCUT2D eigenvalue weighted by Crippen LogP contribution is -2.35. The predicted molar refractivity (Wildman–Crippen MR) is 75.7 cm³/mol. The van der Waals surface area contributed by atoms with Crippen molar-refractivity contribution in [2.24, 2.45) is 0 Å². The van der Waals surface area contributed by atoms with Crippen molar-refractivity contribution >= 4 is 27.1 Å². The molecule has 1 fully saturated rings. The highest BCUT2D eigenvalue weighted by Gasteiger charge is 2.15. The molecule has 0 spiro atoms. The summed E-state index contributed by atoms with van der Waals surface area (Å²) >= 11 is 3.32. The highest BCUT2D eigenvalue weighted by atomic mass is 79.9. The van der Waals surface area contributed by atoms with Crippen LogP contribution in [0.5, 0.6) is 0 Å². The summed E-state index contributed by atoms with van der Waals surface area (Å²) in [6.45, 7) is 3.60. The summed E-state index contributed by atoms with van der Waals surface area (Å²) in [5.41, 5.74) is 1.87. The summed E-state index contributed by atoms with van der Waals surface area (Å²) in [6, 6.07) is 6.73. The Morgan fingerprint density at radius 1 is 1.41 bits per heavy atom. The number of hydrogen-bond donors (Lipinski definition) is 0. The van der Waals surface area contributed by atoms with Crippen molar-refractivity contribution in [3.8, 4) is 0 Å². The summed E-state index contributed by atoms with van der Waals surface area (Å²) in [5.74, 6) is 0. The molecule has 1 unspecified atom stereocenters. The van der Waals surface area contributed by atoms with Gasteiger partial charge in [-0.2, -0.15) is 0 Å². The lowest BCUT2D eigenvalue weighted by atomic mass is 10.0. The van der Waals surface area contributed by atoms with Crippen molar-refractivity contribution in [3.05, 3.63) is 22.7 Å². The lowest BCUT2D eigenvalue weighted by Gasteiger charge is -2.31. The van der Waals surface area contributed by atoms with Crippen LogP contribution in [0, 0.1) is 0 Å². The molecule has 2 bridgehead atoms. The van der Waals surface area contributed by atoms with Crippen LogP contribution in [0.3, 0.4) is 0 Å². The fourth-order valence-corrected chi connectivity index (χ4v) is 2.85. The predicted octanol–water partition coefficient (Wildman–Crippen LogP) is 4.51. The van der Waals surface area contributed by atoms with E-state index in [1.807, 2.05) is 18.2 Å². The summed E-state index contributed by atoms with van der Waals surface area (Å²) in [4.78, 5) is 2.49. The molecule has 0 aliphatic carbocycles. The van der Waals surface area contributed by atoms with Gasteiger partial charge in [-0.05, 0) is 67.0 Å². The quantitative estimate of drug-likeness (QED) is 0.770. The van der Waals surface area contributed by atoms with E-state index >= 15 is 0 Å². The first-order valence-electron chi connectivity index (χ1n) is 6.38. The molecule has 3 heterocycles. The largest absolute Gasteiger partial charge is 0.456 e. The standard InChI is InChI=1S/C8H17N.C6H3BrO/c1-3-8-6-4-5-7-9(8)2;7-5-3-4-1-2-6(5)8-4/h8H,3-7H2,1-2H3;1-3H.